The molecule has 8 bridgehead atoms. The van der Waals surface area contributed by atoms with Crippen LogP contribution in [0.5, 0.6) is 0 Å². The zero-order valence-electron chi connectivity index (χ0n) is 31.5. The summed E-state index contributed by atoms with van der Waals surface area (Å²) in [6.07, 6.45) is 4.54. The average Bonchev–Trinajstić information content (AvgIpc) is 3.80. The van der Waals surface area contributed by atoms with Gasteiger partial charge in [0.2, 0.25) is 0 Å². The first-order valence-corrected chi connectivity index (χ1v) is 17.4. The lowest BCUT2D eigenvalue weighted by atomic mass is 9.64. The highest BCUT2D eigenvalue weighted by Crippen LogP contribution is 2.52. The van der Waals surface area contributed by atoms with Gasteiger partial charge in [0.1, 0.15) is 5.92 Å². The predicted molar refractivity (Wildman–Crippen MR) is 200 cm³/mol. The van der Waals surface area contributed by atoms with Crippen LogP contribution >= 0.6 is 0 Å². The number of fused-ring (bicyclic) bond motifs is 11. The Morgan fingerprint density at radius 3 is 1.89 bits per heavy atom. The molecule has 0 saturated carbocycles. The third-order valence-corrected chi connectivity index (χ3v) is 11.0. The number of nitrogens with one attached hydrogen (secondary N) is 2. The summed E-state index contributed by atoms with van der Waals surface area (Å²) in [5, 5.41) is 0. The monoisotopic (exact) mass is 720 g/mol. The summed E-state index contributed by atoms with van der Waals surface area (Å²) in [6.45, 7) is 9.91. The number of nitrogens with zero attached hydrogens (tertiary/aromatic N) is 2. The highest BCUT2D eigenvalue weighted by atomic mass is 16.5. The minimum absolute atomic E-state index is 0.140. The topological polar surface area (TPSA) is 163 Å². The molecule has 6 rings (SSSR count). The largest absolute Gasteiger partial charge is 0.469 e. The minimum atomic E-state index is -1.14. The Bertz CT molecular complexity index is 2340. The van der Waals surface area contributed by atoms with Crippen molar-refractivity contribution in [3.63, 3.8) is 0 Å². The van der Waals surface area contributed by atoms with Gasteiger partial charge in [-0.2, -0.15) is 0 Å². The van der Waals surface area contributed by atoms with E-state index in [-0.39, 0.29) is 30.4 Å². The van der Waals surface area contributed by atoms with Crippen LogP contribution in [0.25, 0.3) is 38.8 Å². The normalized spacial score (nSPS) is 17.8. The number of hydrogen-bond acceptors (Lipinski definition) is 10. The molecule has 1 aliphatic carbocycles. The summed E-state index contributed by atoms with van der Waals surface area (Å²) in [4.78, 5) is 68.9. The molecule has 3 aromatic rings. The maximum atomic E-state index is 13.7. The van der Waals surface area contributed by atoms with E-state index in [1.165, 1.54) is 28.4 Å². The van der Waals surface area contributed by atoms with Crippen LogP contribution in [0.4, 0.5) is 0 Å². The Labute approximate surface area is 307 Å². The summed E-state index contributed by atoms with van der Waals surface area (Å²) in [5.74, 6) is -2.98. The smallest absolute Gasteiger partial charge is 0.334 e. The van der Waals surface area contributed by atoms with E-state index in [2.05, 4.69) is 9.97 Å². The second-order valence-electron chi connectivity index (χ2n) is 13.7. The molecule has 2 aliphatic heterocycles. The van der Waals surface area contributed by atoms with Crippen LogP contribution in [-0.4, -0.2) is 72.3 Å². The van der Waals surface area contributed by atoms with E-state index in [0.29, 0.717) is 35.4 Å². The Morgan fingerprint density at radius 1 is 0.679 bits per heavy atom. The molecule has 0 radical (unpaired) electrons. The van der Waals surface area contributed by atoms with Gasteiger partial charge in [-0.05, 0) is 111 Å². The maximum absolute atomic E-state index is 13.7. The molecule has 53 heavy (non-hydrogen) atoms. The molecule has 0 aromatic carbocycles. The molecule has 0 saturated heterocycles. The third kappa shape index (κ3) is 6.36. The highest BCUT2D eigenvalue weighted by molar-refractivity contribution is 6.02. The number of carbonyl (C=O) groups is 4. The van der Waals surface area contributed by atoms with Crippen LogP contribution in [0.3, 0.4) is 0 Å². The van der Waals surface area contributed by atoms with Crippen LogP contribution in [0.1, 0.15) is 78.1 Å². The molecule has 12 heteroatoms. The number of ether oxygens (including phenoxy) is 4. The lowest BCUT2D eigenvalue weighted by Crippen LogP contribution is -2.42. The molecule has 3 aromatic heterocycles. The molecular formula is C41H44N4O8. The van der Waals surface area contributed by atoms with Crippen molar-refractivity contribution >= 4 is 62.7 Å². The first-order chi connectivity index (χ1) is 25.3. The number of allylic oxidation sites excluding steroid dienone is 5. The molecule has 2 N–H and O–H groups in total. The Kier molecular flexibility index (Phi) is 10.0. The van der Waals surface area contributed by atoms with Crippen molar-refractivity contribution in [2.45, 2.75) is 65.7 Å². The van der Waals surface area contributed by atoms with Crippen molar-refractivity contribution in [1.29, 1.82) is 0 Å². The van der Waals surface area contributed by atoms with Gasteiger partial charge in [-0.15, -0.1) is 0 Å². The molecule has 3 aliphatic rings. The predicted octanol–water partition coefficient (Wildman–Crippen LogP) is 6.47. The van der Waals surface area contributed by atoms with Gasteiger partial charge in [0.25, 0.3) is 0 Å². The summed E-state index contributed by atoms with van der Waals surface area (Å²) in [5.41, 5.74) is 11.1. The lowest BCUT2D eigenvalue weighted by Gasteiger charge is -2.36. The first kappa shape index (κ1) is 37.0. The van der Waals surface area contributed by atoms with Crippen molar-refractivity contribution in [1.82, 2.24) is 19.9 Å². The molecule has 0 fully saturated rings. The summed E-state index contributed by atoms with van der Waals surface area (Å²) in [6, 6.07) is 7.81. The van der Waals surface area contributed by atoms with E-state index >= 15 is 0 Å². The summed E-state index contributed by atoms with van der Waals surface area (Å²) >= 11 is 0. The number of H-pyrrole nitrogens is 2. The molecule has 276 valence electrons. The van der Waals surface area contributed by atoms with Gasteiger partial charge in [-0.3, -0.25) is 19.4 Å². The van der Waals surface area contributed by atoms with Gasteiger partial charge in [-0.1, -0.05) is 12.2 Å². The van der Waals surface area contributed by atoms with Crippen molar-refractivity contribution in [3.8, 4) is 0 Å². The number of hydrogen-bond donors (Lipinski definition) is 2. The second-order valence-corrected chi connectivity index (χ2v) is 13.7. The number of aromatic nitrogens is 4. The summed E-state index contributed by atoms with van der Waals surface area (Å²) in [7, 11) is 5.31. The maximum Gasteiger partial charge on any atom is 0.334 e. The van der Waals surface area contributed by atoms with Gasteiger partial charge >= 0.3 is 23.9 Å². The van der Waals surface area contributed by atoms with E-state index in [9.17, 15) is 19.2 Å². The Balaban J connectivity index is 1.74. The fourth-order valence-electron chi connectivity index (χ4n) is 7.63. The fraction of sp³-hybridized carbons (Fsp3) is 0.366. The van der Waals surface area contributed by atoms with E-state index in [4.69, 9.17) is 28.9 Å². The van der Waals surface area contributed by atoms with Crippen molar-refractivity contribution < 1.29 is 38.1 Å². The standard InChI is InChI=1S/C41H44N4O8/c1-20-21(2)29-17-34-27-13-10-26(39(48)52-8)38(40(49)53-9)41(27,5)35(45-34)19-31-23(4)25(12-15-37(47)51-7)33(44-31)18-32-24(11-14-36(46)50-6)22(3)30(43-32)16-28(20)42-29/h10,13,16-19,38,42,44H,11-12,14-15H2,1-9H3. The number of aryl methyl sites for hydroxylation is 4. The number of aromatic amines is 2. The summed E-state index contributed by atoms with van der Waals surface area (Å²) < 4.78 is 20.4. The quantitative estimate of drug-likeness (QED) is 0.195. The number of esters is 4. The molecule has 2 atom stereocenters. The van der Waals surface area contributed by atoms with Crippen LogP contribution in [-0.2, 0) is 50.0 Å². The van der Waals surface area contributed by atoms with Gasteiger partial charge in [0.05, 0.1) is 62.2 Å². The lowest BCUT2D eigenvalue weighted by molar-refractivity contribution is -0.149. The third-order valence-electron chi connectivity index (χ3n) is 11.0. The van der Waals surface area contributed by atoms with Crippen LogP contribution in [0, 0.1) is 26.7 Å². The average molecular weight is 721 g/mol. The van der Waals surface area contributed by atoms with Crippen molar-refractivity contribution in [2.24, 2.45) is 5.92 Å². The van der Waals surface area contributed by atoms with Crippen LogP contribution in [0.15, 0.2) is 42.0 Å². The molecule has 0 spiro atoms. The number of methoxy groups -OCH3 is 4. The van der Waals surface area contributed by atoms with E-state index < -0.39 is 23.3 Å². The zero-order chi connectivity index (χ0) is 38.4. The molecule has 2 unspecified atom stereocenters. The Hall–Kier alpha value is -5.78. The fourth-order valence-corrected chi connectivity index (χ4v) is 7.63. The van der Waals surface area contributed by atoms with Crippen LogP contribution in [0.2, 0.25) is 0 Å². The van der Waals surface area contributed by atoms with E-state index in [0.717, 1.165) is 61.2 Å². The second kappa shape index (κ2) is 14.3. The van der Waals surface area contributed by atoms with Crippen molar-refractivity contribution in [2.75, 3.05) is 28.4 Å². The van der Waals surface area contributed by atoms with Gasteiger partial charge in [-0.25, -0.2) is 9.78 Å². The highest BCUT2D eigenvalue weighted by Gasteiger charge is 2.53. The first-order valence-electron chi connectivity index (χ1n) is 17.4. The number of carbonyl (C=O) groups excluding carboxylic acids is 4. The zero-order valence-corrected chi connectivity index (χ0v) is 31.5. The molecular weight excluding hydrogens is 676 g/mol. The van der Waals surface area contributed by atoms with Crippen LogP contribution < -0.4 is 0 Å². The van der Waals surface area contributed by atoms with E-state index in [1.54, 1.807) is 6.08 Å². The van der Waals surface area contributed by atoms with Gasteiger partial charge in [0.15, 0.2) is 0 Å². The SMILES string of the molecule is COC(=O)CCC1=C(C)c2cc3[nH]c(cc4nc(cc5[nH]c(cc1n2)c(CCC(=O)OC)c5C)C1(C)C4=CC=C(C(=O)OC)C1C(=O)OC)c(C)c3C. The molecule has 5 heterocycles. The van der Waals surface area contributed by atoms with Gasteiger partial charge in [0, 0.05) is 34.9 Å². The number of rotatable bonds is 8. The van der Waals surface area contributed by atoms with Gasteiger partial charge < -0.3 is 28.9 Å². The minimum Gasteiger partial charge on any atom is -0.469 e. The Morgan fingerprint density at radius 2 is 1.26 bits per heavy atom. The molecule has 0 amide bonds. The molecule has 12 nitrogen and oxygen atoms in total. The van der Waals surface area contributed by atoms with Crippen molar-refractivity contribution in [3.05, 3.63) is 87.0 Å². The van der Waals surface area contributed by atoms with E-state index in [1.807, 2.05) is 65.0 Å².